The highest BCUT2D eigenvalue weighted by molar-refractivity contribution is 5.20. The molecule has 0 spiro atoms. The van der Waals surface area contributed by atoms with Gasteiger partial charge in [0.15, 0.2) is 0 Å². The number of hydrogen-bond donors (Lipinski definition) is 1. The molecule has 0 aromatic carbocycles. The van der Waals surface area contributed by atoms with Gasteiger partial charge in [0.05, 0.1) is 11.7 Å². The Bertz CT molecular complexity index is 331. The summed E-state index contributed by atoms with van der Waals surface area (Å²) in [7, 11) is 0. The molecule has 16 heavy (non-hydrogen) atoms. The fourth-order valence-electron chi connectivity index (χ4n) is 2.01. The van der Waals surface area contributed by atoms with Crippen molar-refractivity contribution in [1.29, 1.82) is 0 Å². The summed E-state index contributed by atoms with van der Waals surface area (Å²) in [5, 5.41) is 4.52. The van der Waals surface area contributed by atoms with Crippen molar-refractivity contribution in [1.82, 2.24) is 9.78 Å². The Labute approximate surface area is 99.0 Å². The Hall–Kier alpha value is -0.830. The first-order chi connectivity index (χ1) is 7.36. The molecule has 0 aliphatic rings. The molecule has 1 aromatic rings. The van der Waals surface area contributed by atoms with Crippen LogP contribution in [-0.4, -0.2) is 15.8 Å². The van der Waals surface area contributed by atoms with Gasteiger partial charge in [0.25, 0.3) is 0 Å². The van der Waals surface area contributed by atoms with Gasteiger partial charge in [-0.1, -0.05) is 13.3 Å². The molecule has 3 nitrogen and oxygen atoms in total. The van der Waals surface area contributed by atoms with Gasteiger partial charge >= 0.3 is 0 Å². The predicted octanol–water partition coefficient (Wildman–Crippen LogP) is 2.48. The van der Waals surface area contributed by atoms with E-state index in [4.69, 9.17) is 5.73 Å². The van der Waals surface area contributed by atoms with Crippen LogP contribution < -0.4 is 5.73 Å². The summed E-state index contributed by atoms with van der Waals surface area (Å²) >= 11 is 0. The Morgan fingerprint density at radius 2 is 2.06 bits per heavy atom. The van der Waals surface area contributed by atoms with Crippen molar-refractivity contribution < 1.29 is 0 Å². The molecule has 0 saturated carbocycles. The van der Waals surface area contributed by atoms with Crippen molar-refractivity contribution in [3.8, 4) is 0 Å². The van der Waals surface area contributed by atoms with E-state index in [0.29, 0.717) is 0 Å². The molecule has 1 unspecified atom stereocenters. The zero-order valence-corrected chi connectivity index (χ0v) is 11.2. The van der Waals surface area contributed by atoms with Crippen molar-refractivity contribution in [2.75, 3.05) is 0 Å². The molecule has 1 aromatic heterocycles. The molecule has 0 aliphatic heterocycles. The van der Waals surface area contributed by atoms with Crippen molar-refractivity contribution in [2.24, 2.45) is 5.73 Å². The molecular weight excluding hydrogens is 198 g/mol. The molecule has 3 heteroatoms. The Balaban J connectivity index is 3.06. The molecule has 0 fully saturated rings. The van der Waals surface area contributed by atoms with Gasteiger partial charge in [-0.2, -0.15) is 5.10 Å². The van der Waals surface area contributed by atoms with Crippen molar-refractivity contribution in [2.45, 2.75) is 65.5 Å². The van der Waals surface area contributed by atoms with Gasteiger partial charge in [0.2, 0.25) is 0 Å². The highest BCUT2D eigenvalue weighted by atomic mass is 15.3. The average Bonchev–Trinajstić information content (AvgIpc) is 2.47. The van der Waals surface area contributed by atoms with Gasteiger partial charge in [-0.15, -0.1) is 0 Å². The van der Waals surface area contributed by atoms with Crippen LogP contribution in [0.25, 0.3) is 0 Å². The number of rotatable bonds is 4. The highest BCUT2D eigenvalue weighted by Crippen LogP contribution is 2.21. The maximum Gasteiger partial charge on any atom is 0.0546 e. The molecule has 0 saturated heterocycles. The second-order valence-corrected chi connectivity index (χ2v) is 5.63. The van der Waals surface area contributed by atoms with Crippen LogP contribution in [0.4, 0.5) is 0 Å². The lowest BCUT2D eigenvalue weighted by atomic mass is 10.0. The second kappa shape index (κ2) is 5.00. The quantitative estimate of drug-likeness (QED) is 0.852. The van der Waals surface area contributed by atoms with Crippen molar-refractivity contribution >= 4 is 0 Å². The minimum Gasteiger partial charge on any atom is -0.328 e. The second-order valence-electron chi connectivity index (χ2n) is 5.63. The molecule has 92 valence electrons. The molecule has 0 radical (unpaired) electrons. The first-order valence-electron chi connectivity index (χ1n) is 6.18. The topological polar surface area (TPSA) is 43.8 Å². The monoisotopic (exact) mass is 223 g/mol. The van der Waals surface area contributed by atoms with E-state index in [2.05, 4.69) is 37.5 Å². The van der Waals surface area contributed by atoms with Crippen LogP contribution in [-0.2, 0) is 18.4 Å². The fourth-order valence-corrected chi connectivity index (χ4v) is 2.01. The van der Waals surface area contributed by atoms with E-state index in [1.54, 1.807) is 0 Å². The van der Waals surface area contributed by atoms with E-state index in [1.807, 2.05) is 13.1 Å². The van der Waals surface area contributed by atoms with Gasteiger partial charge in [0.1, 0.15) is 0 Å². The largest absolute Gasteiger partial charge is 0.328 e. The summed E-state index contributed by atoms with van der Waals surface area (Å²) in [4.78, 5) is 0. The SMILES string of the molecule is CCCc1c(CC(C)N)cnn1C(C)(C)C. The third-order valence-corrected chi connectivity index (χ3v) is 2.62. The number of hydrogen-bond acceptors (Lipinski definition) is 2. The van der Waals surface area contributed by atoms with Crippen molar-refractivity contribution in [3.05, 3.63) is 17.5 Å². The van der Waals surface area contributed by atoms with Crippen LogP contribution in [0.3, 0.4) is 0 Å². The van der Waals surface area contributed by atoms with E-state index >= 15 is 0 Å². The molecule has 0 amide bonds. The summed E-state index contributed by atoms with van der Waals surface area (Å²) in [6.07, 6.45) is 5.14. The third kappa shape index (κ3) is 3.08. The van der Waals surface area contributed by atoms with Gasteiger partial charge in [-0.05, 0) is 46.1 Å². The number of aromatic nitrogens is 2. The van der Waals surface area contributed by atoms with Gasteiger partial charge in [-0.25, -0.2) is 0 Å². The van der Waals surface area contributed by atoms with Gasteiger partial charge in [-0.3, -0.25) is 4.68 Å². The van der Waals surface area contributed by atoms with Crippen LogP contribution in [0.2, 0.25) is 0 Å². The van der Waals surface area contributed by atoms with E-state index in [0.717, 1.165) is 19.3 Å². The summed E-state index contributed by atoms with van der Waals surface area (Å²) in [5.74, 6) is 0. The minimum absolute atomic E-state index is 0.0561. The van der Waals surface area contributed by atoms with Gasteiger partial charge < -0.3 is 5.73 Å². The highest BCUT2D eigenvalue weighted by Gasteiger charge is 2.20. The van der Waals surface area contributed by atoms with E-state index in [1.165, 1.54) is 11.3 Å². The molecule has 2 N–H and O–H groups in total. The molecule has 0 bridgehead atoms. The first kappa shape index (κ1) is 13.2. The van der Waals surface area contributed by atoms with Crippen LogP contribution in [0.5, 0.6) is 0 Å². The van der Waals surface area contributed by atoms with Crippen LogP contribution in [0.1, 0.15) is 52.3 Å². The van der Waals surface area contributed by atoms with Crippen molar-refractivity contribution in [3.63, 3.8) is 0 Å². The summed E-state index contributed by atoms with van der Waals surface area (Å²) in [6.45, 7) is 10.8. The Kier molecular flexibility index (Phi) is 4.14. The van der Waals surface area contributed by atoms with E-state index < -0.39 is 0 Å². The molecule has 0 aliphatic carbocycles. The summed E-state index contributed by atoms with van der Waals surface area (Å²) in [5.41, 5.74) is 8.59. The maximum absolute atomic E-state index is 5.87. The van der Waals surface area contributed by atoms with Gasteiger partial charge in [0, 0.05) is 11.7 Å². The molecular formula is C13H25N3. The maximum atomic E-state index is 5.87. The first-order valence-corrected chi connectivity index (χ1v) is 6.18. The Morgan fingerprint density at radius 3 is 2.50 bits per heavy atom. The summed E-state index contributed by atoms with van der Waals surface area (Å²) < 4.78 is 2.15. The molecule has 1 atom stereocenters. The Morgan fingerprint density at radius 1 is 1.44 bits per heavy atom. The molecule has 1 heterocycles. The lowest BCUT2D eigenvalue weighted by Gasteiger charge is -2.23. The van der Waals surface area contributed by atoms with Crippen LogP contribution in [0.15, 0.2) is 6.20 Å². The lowest BCUT2D eigenvalue weighted by molar-refractivity contribution is 0.342. The predicted molar refractivity (Wildman–Crippen MR) is 68.6 cm³/mol. The number of nitrogens with zero attached hydrogens (tertiary/aromatic N) is 2. The fraction of sp³-hybridized carbons (Fsp3) is 0.769. The van der Waals surface area contributed by atoms with E-state index in [-0.39, 0.29) is 11.6 Å². The zero-order chi connectivity index (χ0) is 12.3. The lowest BCUT2D eigenvalue weighted by Crippen LogP contribution is -2.26. The normalized spacial score (nSPS) is 14.1. The molecule has 1 rings (SSSR count). The zero-order valence-electron chi connectivity index (χ0n) is 11.2. The van der Waals surface area contributed by atoms with E-state index in [9.17, 15) is 0 Å². The standard InChI is InChI=1S/C13H25N3/c1-6-7-12-11(8-10(2)14)9-15-16(12)13(3,4)5/h9-10H,6-8,14H2,1-5H3. The smallest absolute Gasteiger partial charge is 0.0546 e. The van der Waals surface area contributed by atoms with Crippen LogP contribution in [0, 0.1) is 0 Å². The van der Waals surface area contributed by atoms with Crippen LogP contribution >= 0.6 is 0 Å². The summed E-state index contributed by atoms with van der Waals surface area (Å²) in [6, 6.07) is 0.202. The number of nitrogens with two attached hydrogens (primary N) is 1. The third-order valence-electron chi connectivity index (χ3n) is 2.62. The minimum atomic E-state index is 0.0561. The average molecular weight is 223 g/mol.